The standard InChI is InChI=1S/C30H33BrN2O3S/c1-35-25-16-21(24(31)17-26(25)36-19-20-10-4-2-5-11-20)18-32-30-28(23-14-8-9-15-27(23)37-30)29(34)33-22-12-6-3-7-13-22/h2,4-5,10-11,16-18,22H,3,6-9,12-15,19H2,1H3,(H,33,34)/b32-18+. The molecule has 5 rings (SSSR count). The Bertz CT molecular complexity index is 1270. The zero-order chi connectivity index (χ0) is 25.6. The van der Waals surface area contributed by atoms with Crippen LogP contribution in [0.25, 0.3) is 0 Å². The third-order valence-corrected chi connectivity index (χ3v) is 9.05. The van der Waals surface area contributed by atoms with Gasteiger partial charge in [0.2, 0.25) is 0 Å². The fraction of sp³-hybridized carbons (Fsp3) is 0.400. The second-order valence-corrected chi connectivity index (χ2v) is 11.7. The Morgan fingerprint density at radius 2 is 1.86 bits per heavy atom. The molecule has 3 aromatic rings. The third-order valence-electron chi connectivity index (χ3n) is 7.16. The summed E-state index contributed by atoms with van der Waals surface area (Å²) in [6.07, 6.45) is 11.9. The molecule has 1 N–H and O–H groups in total. The Labute approximate surface area is 231 Å². The summed E-state index contributed by atoms with van der Waals surface area (Å²) in [4.78, 5) is 19.6. The van der Waals surface area contributed by atoms with E-state index in [1.807, 2.05) is 48.7 Å². The highest BCUT2D eigenvalue weighted by Gasteiger charge is 2.27. The number of nitrogens with one attached hydrogen (secondary N) is 1. The summed E-state index contributed by atoms with van der Waals surface area (Å²) in [5.41, 5.74) is 3.95. The molecule has 37 heavy (non-hydrogen) atoms. The molecule has 0 unspecified atom stereocenters. The number of aryl methyl sites for hydroxylation is 1. The van der Waals surface area contributed by atoms with Gasteiger partial charge in [0.05, 0.1) is 12.7 Å². The van der Waals surface area contributed by atoms with Crippen LogP contribution in [0.15, 0.2) is 51.9 Å². The number of fused-ring (bicyclic) bond motifs is 1. The molecule has 1 aromatic heterocycles. The summed E-state index contributed by atoms with van der Waals surface area (Å²) in [7, 11) is 1.64. The summed E-state index contributed by atoms with van der Waals surface area (Å²) in [5, 5.41) is 4.12. The average Bonchev–Trinajstić information content (AvgIpc) is 3.31. The Morgan fingerprint density at radius 3 is 2.65 bits per heavy atom. The number of benzene rings is 2. The first kappa shape index (κ1) is 26.0. The summed E-state index contributed by atoms with van der Waals surface area (Å²) >= 11 is 5.34. The molecule has 2 aliphatic carbocycles. The lowest BCUT2D eigenvalue weighted by atomic mass is 9.93. The minimum Gasteiger partial charge on any atom is -0.493 e. The van der Waals surface area contributed by atoms with Gasteiger partial charge >= 0.3 is 0 Å². The third kappa shape index (κ3) is 6.27. The maximum atomic E-state index is 13.5. The molecule has 1 fully saturated rings. The van der Waals surface area contributed by atoms with Gasteiger partial charge < -0.3 is 14.8 Å². The molecule has 0 aliphatic heterocycles. The fourth-order valence-electron chi connectivity index (χ4n) is 5.17. The second-order valence-electron chi connectivity index (χ2n) is 9.76. The van der Waals surface area contributed by atoms with Gasteiger partial charge in [0.15, 0.2) is 11.5 Å². The van der Waals surface area contributed by atoms with Crippen LogP contribution in [0.5, 0.6) is 11.5 Å². The molecule has 2 aromatic carbocycles. The van der Waals surface area contributed by atoms with Crippen LogP contribution in [0, 0.1) is 0 Å². The first-order chi connectivity index (χ1) is 18.1. The summed E-state index contributed by atoms with van der Waals surface area (Å²) in [6.45, 7) is 0.456. The smallest absolute Gasteiger partial charge is 0.254 e. The number of hydrogen-bond donors (Lipinski definition) is 1. The van der Waals surface area contributed by atoms with E-state index in [0.29, 0.717) is 18.1 Å². The van der Waals surface area contributed by atoms with Crippen LogP contribution in [0.3, 0.4) is 0 Å². The lowest BCUT2D eigenvalue weighted by molar-refractivity contribution is 0.0927. The molecule has 2 aliphatic rings. The maximum Gasteiger partial charge on any atom is 0.254 e. The first-order valence-electron chi connectivity index (χ1n) is 13.2. The van der Waals surface area contributed by atoms with E-state index < -0.39 is 0 Å². The quantitative estimate of drug-likeness (QED) is 0.276. The monoisotopic (exact) mass is 580 g/mol. The van der Waals surface area contributed by atoms with Gasteiger partial charge in [-0.05, 0) is 77.7 Å². The molecule has 0 bridgehead atoms. The van der Waals surface area contributed by atoms with E-state index in [1.165, 1.54) is 36.1 Å². The van der Waals surface area contributed by atoms with Gasteiger partial charge in [-0.3, -0.25) is 4.79 Å². The summed E-state index contributed by atoms with van der Waals surface area (Å²) in [6, 6.07) is 14.2. The Kier molecular flexibility index (Phi) is 8.62. The number of halogens is 1. The predicted octanol–water partition coefficient (Wildman–Crippen LogP) is 7.79. The van der Waals surface area contributed by atoms with Crippen LogP contribution in [0.4, 0.5) is 5.00 Å². The SMILES string of the molecule is COc1cc(/C=N/c2sc3c(c2C(=O)NC2CCCCC2)CCCC3)c(Br)cc1OCc1ccccc1. The van der Waals surface area contributed by atoms with Gasteiger partial charge in [0.25, 0.3) is 5.91 Å². The molecule has 194 valence electrons. The molecule has 1 saturated carbocycles. The van der Waals surface area contributed by atoms with E-state index >= 15 is 0 Å². The van der Waals surface area contributed by atoms with Gasteiger partial charge in [-0.2, -0.15) is 0 Å². The van der Waals surface area contributed by atoms with Crippen LogP contribution >= 0.6 is 27.3 Å². The van der Waals surface area contributed by atoms with Crippen LogP contribution in [0.2, 0.25) is 0 Å². The van der Waals surface area contributed by atoms with Crippen molar-refractivity contribution in [2.45, 2.75) is 70.4 Å². The van der Waals surface area contributed by atoms with E-state index in [1.54, 1.807) is 18.4 Å². The van der Waals surface area contributed by atoms with E-state index in [9.17, 15) is 4.79 Å². The van der Waals surface area contributed by atoms with Crippen molar-refractivity contribution in [1.82, 2.24) is 5.32 Å². The second kappa shape index (κ2) is 12.3. The van der Waals surface area contributed by atoms with Crippen molar-refractivity contribution in [2.24, 2.45) is 4.99 Å². The number of hydrogen-bond acceptors (Lipinski definition) is 5. The van der Waals surface area contributed by atoms with Gasteiger partial charge in [-0.1, -0.05) is 49.6 Å². The molecular weight excluding hydrogens is 548 g/mol. The van der Waals surface area contributed by atoms with Crippen molar-refractivity contribution < 1.29 is 14.3 Å². The van der Waals surface area contributed by atoms with Crippen molar-refractivity contribution in [1.29, 1.82) is 0 Å². The molecular formula is C30H33BrN2O3S. The van der Waals surface area contributed by atoms with Gasteiger partial charge in [-0.15, -0.1) is 11.3 Å². The van der Waals surface area contributed by atoms with Crippen molar-refractivity contribution in [3.8, 4) is 11.5 Å². The molecule has 1 amide bonds. The van der Waals surface area contributed by atoms with E-state index in [-0.39, 0.29) is 11.9 Å². The highest BCUT2D eigenvalue weighted by atomic mass is 79.9. The van der Waals surface area contributed by atoms with Crippen LogP contribution < -0.4 is 14.8 Å². The lowest BCUT2D eigenvalue weighted by Crippen LogP contribution is -2.36. The minimum atomic E-state index is 0.0414. The van der Waals surface area contributed by atoms with Crippen molar-refractivity contribution in [3.63, 3.8) is 0 Å². The van der Waals surface area contributed by atoms with Crippen molar-refractivity contribution >= 4 is 44.4 Å². The van der Waals surface area contributed by atoms with E-state index in [0.717, 1.165) is 58.3 Å². The first-order valence-corrected chi connectivity index (χ1v) is 14.8. The summed E-state index contributed by atoms with van der Waals surface area (Å²) < 4.78 is 12.5. The van der Waals surface area contributed by atoms with Crippen molar-refractivity contribution in [3.05, 3.63) is 74.1 Å². The number of carbonyl (C=O) groups excluding carboxylic acids is 1. The number of ether oxygens (including phenoxy) is 2. The number of methoxy groups -OCH3 is 1. The topological polar surface area (TPSA) is 59.9 Å². The van der Waals surface area contributed by atoms with Crippen LogP contribution in [-0.4, -0.2) is 25.3 Å². The highest BCUT2D eigenvalue weighted by Crippen LogP contribution is 2.40. The van der Waals surface area contributed by atoms with E-state index in [4.69, 9.17) is 14.5 Å². The summed E-state index contributed by atoms with van der Waals surface area (Å²) in [5.74, 6) is 1.34. The van der Waals surface area contributed by atoms with Crippen LogP contribution in [0.1, 0.15) is 76.9 Å². The van der Waals surface area contributed by atoms with Crippen molar-refractivity contribution in [2.75, 3.05) is 7.11 Å². The number of nitrogens with zero attached hydrogens (tertiary/aromatic N) is 1. The number of aliphatic imine (C=N–C) groups is 1. The molecule has 0 spiro atoms. The highest BCUT2D eigenvalue weighted by molar-refractivity contribution is 9.10. The molecule has 1 heterocycles. The molecule has 7 heteroatoms. The molecule has 0 radical (unpaired) electrons. The maximum absolute atomic E-state index is 13.5. The number of amides is 1. The number of rotatable bonds is 8. The molecule has 0 atom stereocenters. The number of thiophene rings is 1. The average molecular weight is 582 g/mol. The normalized spacial score (nSPS) is 15.9. The van der Waals surface area contributed by atoms with Gasteiger partial charge in [0.1, 0.15) is 11.6 Å². The Balaban J connectivity index is 1.39. The minimum absolute atomic E-state index is 0.0414. The Morgan fingerprint density at radius 1 is 1.08 bits per heavy atom. The fourth-order valence-corrected chi connectivity index (χ4v) is 6.82. The lowest BCUT2D eigenvalue weighted by Gasteiger charge is -2.23. The Hall–Kier alpha value is -2.64. The van der Waals surface area contributed by atoms with E-state index in [2.05, 4.69) is 21.2 Å². The van der Waals surface area contributed by atoms with Crippen LogP contribution in [-0.2, 0) is 19.4 Å². The molecule has 0 saturated heterocycles. The zero-order valence-corrected chi connectivity index (χ0v) is 23.6. The predicted molar refractivity (Wildman–Crippen MR) is 154 cm³/mol. The molecule has 5 nitrogen and oxygen atoms in total. The number of carbonyl (C=O) groups is 1. The van der Waals surface area contributed by atoms with Gasteiger partial charge in [-0.25, -0.2) is 4.99 Å². The van der Waals surface area contributed by atoms with Gasteiger partial charge in [0, 0.05) is 27.2 Å². The largest absolute Gasteiger partial charge is 0.493 e. The zero-order valence-electron chi connectivity index (χ0n) is 21.2.